The van der Waals surface area contributed by atoms with Gasteiger partial charge in [-0.2, -0.15) is 0 Å². The summed E-state index contributed by atoms with van der Waals surface area (Å²) in [4.78, 5) is 0. The maximum Gasteiger partial charge on any atom is 0.0701 e. The van der Waals surface area contributed by atoms with Crippen molar-refractivity contribution < 1.29 is 0 Å². The second kappa shape index (κ2) is 5.02. The average Bonchev–Trinajstić information content (AvgIpc) is 2.67. The number of halogens is 1. The largest absolute Gasteiger partial charge is 0.381 e. The summed E-state index contributed by atoms with van der Waals surface area (Å²) in [5, 5.41) is 5.64. The van der Waals surface area contributed by atoms with Crippen molar-refractivity contribution in [2.75, 3.05) is 5.32 Å². The SMILES string of the molecule is Cc1cccc(NCc2csc(Br)c2)c1C. The van der Waals surface area contributed by atoms with Gasteiger partial charge in [-0.05, 0) is 64.0 Å². The lowest BCUT2D eigenvalue weighted by Gasteiger charge is -2.10. The average molecular weight is 296 g/mol. The summed E-state index contributed by atoms with van der Waals surface area (Å²) in [6.45, 7) is 5.18. The third kappa shape index (κ3) is 2.66. The molecule has 16 heavy (non-hydrogen) atoms. The van der Waals surface area contributed by atoms with Crippen LogP contribution in [-0.2, 0) is 6.54 Å². The van der Waals surface area contributed by atoms with Gasteiger partial charge < -0.3 is 5.32 Å². The highest BCUT2D eigenvalue weighted by Gasteiger charge is 2.01. The molecule has 1 nitrogen and oxygen atoms in total. The van der Waals surface area contributed by atoms with E-state index in [0.29, 0.717) is 0 Å². The van der Waals surface area contributed by atoms with Gasteiger partial charge in [0.15, 0.2) is 0 Å². The van der Waals surface area contributed by atoms with Crippen LogP contribution in [0.5, 0.6) is 0 Å². The molecule has 0 radical (unpaired) electrons. The van der Waals surface area contributed by atoms with Crippen LogP contribution >= 0.6 is 27.3 Å². The van der Waals surface area contributed by atoms with Crippen LogP contribution in [0.2, 0.25) is 0 Å². The summed E-state index contributed by atoms with van der Waals surface area (Å²) >= 11 is 5.20. The first kappa shape index (κ1) is 11.7. The lowest BCUT2D eigenvalue weighted by atomic mass is 10.1. The molecule has 0 unspecified atom stereocenters. The molecule has 1 aromatic carbocycles. The van der Waals surface area contributed by atoms with Gasteiger partial charge in [0.25, 0.3) is 0 Å². The zero-order valence-corrected chi connectivity index (χ0v) is 11.8. The summed E-state index contributed by atoms with van der Waals surface area (Å²) in [6, 6.07) is 8.52. The van der Waals surface area contributed by atoms with Crippen LogP contribution in [0.25, 0.3) is 0 Å². The van der Waals surface area contributed by atoms with Crippen molar-refractivity contribution in [3.8, 4) is 0 Å². The normalized spacial score (nSPS) is 10.4. The molecule has 0 bridgehead atoms. The molecule has 0 saturated heterocycles. The fourth-order valence-electron chi connectivity index (χ4n) is 1.58. The summed E-state index contributed by atoms with van der Waals surface area (Å²) in [7, 11) is 0. The van der Waals surface area contributed by atoms with E-state index >= 15 is 0 Å². The lowest BCUT2D eigenvalue weighted by molar-refractivity contribution is 1.15. The molecule has 84 valence electrons. The predicted octanol–water partition coefficient (Wildman–Crippen LogP) is 4.74. The number of aryl methyl sites for hydroxylation is 1. The Morgan fingerprint density at radius 1 is 1.31 bits per heavy atom. The van der Waals surface area contributed by atoms with E-state index in [4.69, 9.17) is 0 Å². The second-order valence-corrected chi connectivity index (χ2v) is 6.15. The van der Waals surface area contributed by atoms with Crippen LogP contribution in [0.4, 0.5) is 5.69 Å². The molecule has 1 N–H and O–H groups in total. The molecular formula is C13H14BrNS. The molecule has 0 fully saturated rings. The van der Waals surface area contributed by atoms with Crippen molar-refractivity contribution in [3.63, 3.8) is 0 Å². The molecule has 0 amide bonds. The Hall–Kier alpha value is -0.800. The Balaban J connectivity index is 2.07. The Morgan fingerprint density at radius 2 is 2.12 bits per heavy atom. The maximum absolute atomic E-state index is 3.48. The molecule has 0 aliphatic rings. The summed E-state index contributed by atoms with van der Waals surface area (Å²) in [5.74, 6) is 0. The van der Waals surface area contributed by atoms with E-state index in [2.05, 4.69) is 64.7 Å². The molecule has 0 atom stereocenters. The highest BCUT2D eigenvalue weighted by Crippen LogP contribution is 2.23. The first-order chi connectivity index (χ1) is 7.66. The number of benzene rings is 1. The Kier molecular flexibility index (Phi) is 3.66. The van der Waals surface area contributed by atoms with Gasteiger partial charge in [0.05, 0.1) is 3.79 Å². The van der Waals surface area contributed by atoms with E-state index in [0.717, 1.165) is 6.54 Å². The zero-order valence-electron chi connectivity index (χ0n) is 9.38. The number of hydrogen-bond donors (Lipinski definition) is 1. The number of hydrogen-bond acceptors (Lipinski definition) is 2. The van der Waals surface area contributed by atoms with Gasteiger partial charge in [0.2, 0.25) is 0 Å². The highest BCUT2D eigenvalue weighted by atomic mass is 79.9. The molecule has 0 spiro atoms. The number of rotatable bonds is 3. The van der Waals surface area contributed by atoms with Gasteiger partial charge in [0, 0.05) is 12.2 Å². The van der Waals surface area contributed by atoms with E-state index in [1.54, 1.807) is 11.3 Å². The van der Waals surface area contributed by atoms with Crippen molar-refractivity contribution >= 4 is 33.0 Å². The van der Waals surface area contributed by atoms with Gasteiger partial charge in [-0.15, -0.1) is 11.3 Å². The van der Waals surface area contributed by atoms with Gasteiger partial charge >= 0.3 is 0 Å². The van der Waals surface area contributed by atoms with Gasteiger partial charge in [-0.1, -0.05) is 12.1 Å². The topological polar surface area (TPSA) is 12.0 Å². The fourth-order valence-corrected chi connectivity index (χ4v) is 2.79. The van der Waals surface area contributed by atoms with Crippen molar-refractivity contribution in [1.82, 2.24) is 0 Å². The third-order valence-electron chi connectivity index (χ3n) is 2.71. The monoisotopic (exact) mass is 295 g/mol. The van der Waals surface area contributed by atoms with E-state index in [-0.39, 0.29) is 0 Å². The molecule has 1 heterocycles. The number of nitrogens with one attached hydrogen (secondary N) is 1. The molecule has 0 aliphatic carbocycles. The quantitative estimate of drug-likeness (QED) is 0.862. The maximum atomic E-state index is 3.48. The van der Waals surface area contributed by atoms with Gasteiger partial charge in [0.1, 0.15) is 0 Å². The van der Waals surface area contributed by atoms with Gasteiger partial charge in [-0.3, -0.25) is 0 Å². The minimum absolute atomic E-state index is 0.881. The molecule has 2 aromatic rings. The molecule has 0 saturated carbocycles. The van der Waals surface area contributed by atoms with E-state index in [9.17, 15) is 0 Å². The fraction of sp³-hybridized carbons (Fsp3) is 0.231. The Morgan fingerprint density at radius 3 is 2.81 bits per heavy atom. The van der Waals surface area contributed by atoms with Crippen molar-refractivity contribution in [3.05, 3.63) is 50.1 Å². The van der Waals surface area contributed by atoms with Crippen LogP contribution in [0.1, 0.15) is 16.7 Å². The lowest BCUT2D eigenvalue weighted by Crippen LogP contribution is -2.00. The van der Waals surface area contributed by atoms with E-state index in [1.807, 2.05) is 0 Å². The summed E-state index contributed by atoms with van der Waals surface area (Å²) in [5.41, 5.74) is 5.20. The van der Waals surface area contributed by atoms with E-state index < -0.39 is 0 Å². The van der Waals surface area contributed by atoms with Crippen LogP contribution in [0.15, 0.2) is 33.4 Å². The molecule has 1 aromatic heterocycles. The molecule has 0 aliphatic heterocycles. The number of thiophene rings is 1. The Labute approximate surface area is 109 Å². The van der Waals surface area contributed by atoms with Crippen LogP contribution in [0.3, 0.4) is 0 Å². The van der Waals surface area contributed by atoms with Crippen molar-refractivity contribution in [2.24, 2.45) is 0 Å². The van der Waals surface area contributed by atoms with Crippen LogP contribution in [-0.4, -0.2) is 0 Å². The highest BCUT2D eigenvalue weighted by molar-refractivity contribution is 9.11. The summed E-state index contributed by atoms with van der Waals surface area (Å²) < 4.78 is 1.19. The standard InChI is InChI=1S/C13H14BrNS/c1-9-4-3-5-12(10(9)2)15-7-11-6-13(14)16-8-11/h3-6,8,15H,7H2,1-2H3. The van der Waals surface area contributed by atoms with Crippen molar-refractivity contribution in [1.29, 1.82) is 0 Å². The molecule has 2 rings (SSSR count). The van der Waals surface area contributed by atoms with E-state index in [1.165, 1.54) is 26.2 Å². The zero-order chi connectivity index (χ0) is 11.5. The Bertz CT molecular complexity index is 490. The second-order valence-electron chi connectivity index (χ2n) is 3.86. The predicted molar refractivity (Wildman–Crippen MR) is 75.3 cm³/mol. The van der Waals surface area contributed by atoms with Crippen molar-refractivity contribution in [2.45, 2.75) is 20.4 Å². The molecular weight excluding hydrogens is 282 g/mol. The molecule has 3 heteroatoms. The first-order valence-electron chi connectivity index (χ1n) is 5.20. The summed E-state index contributed by atoms with van der Waals surface area (Å²) in [6.07, 6.45) is 0. The van der Waals surface area contributed by atoms with Crippen LogP contribution in [0, 0.1) is 13.8 Å². The minimum atomic E-state index is 0.881. The number of anilines is 1. The smallest absolute Gasteiger partial charge is 0.0701 e. The third-order valence-corrected chi connectivity index (χ3v) is 4.26. The van der Waals surface area contributed by atoms with Crippen LogP contribution < -0.4 is 5.32 Å². The first-order valence-corrected chi connectivity index (χ1v) is 6.87. The van der Waals surface area contributed by atoms with Gasteiger partial charge in [-0.25, -0.2) is 0 Å². The minimum Gasteiger partial charge on any atom is -0.381 e.